The van der Waals surface area contributed by atoms with E-state index in [4.69, 9.17) is 0 Å². The molecular formula is C17H25F3N4O2S. The Kier molecular flexibility index (Phi) is 7.49. The minimum Gasteiger partial charge on any atom is -0.357 e. The maximum absolute atomic E-state index is 12.5. The third-order valence-electron chi connectivity index (χ3n) is 4.09. The maximum Gasteiger partial charge on any atom is 0.390 e. The molecule has 1 aromatic rings. The first-order valence-corrected chi connectivity index (χ1v) is 10.3. The summed E-state index contributed by atoms with van der Waals surface area (Å²) in [7, 11) is -3.46. The Morgan fingerprint density at radius 1 is 1.15 bits per heavy atom. The molecule has 152 valence electrons. The fourth-order valence-corrected chi connectivity index (χ4v) is 4.20. The van der Waals surface area contributed by atoms with E-state index in [0.717, 1.165) is 18.4 Å². The van der Waals surface area contributed by atoms with Crippen LogP contribution in [0.25, 0.3) is 0 Å². The number of guanidine groups is 1. The van der Waals surface area contributed by atoms with Gasteiger partial charge in [0.15, 0.2) is 5.96 Å². The molecule has 1 aliphatic heterocycles. The van der Waals surface area contributed by atoms with Gasteiger partial charge in [-0.25, -0.2) is 13.4 Å². The number of nitrogens with one attached hydrogen (secondary N) is 2. The van der Waals surface area contributed by atoms with Crippen LogP contribution in [-0.4, -0.2) is 51.0 Å². The fourth-order valence-electron chi connectivity index (χ4n) is 2.68. The van der Waals surface area contributed by atoms with E-state index in [9.17, 15) is 21.6 Å². The summed E-state index contributed by atoms with van der Waals surface area (Å²) in [5, 5.41) is 5.52. The predicted octanol–water partition coefficient (Wildman–Crippen LogP) is 2.48. The lowest BCUT2D eigenvalue weighted by atomic mass is 10.2. The summed E-state index contributed by atoms with van der Waals surface area (Å²) in [4.78, 5) is 4.48. The van der Waals surface area contributed by atoms with Crippen molar-refractivity contribution in [2.24, 2.45) is 4.99 Å². The van der Waals surface area contributed by atoms with Crippen LogP contribution < -0.4 is 10.6 Å². The van der Waals surface area contributed by atoms with Crippen molar-refractivity contribution >= 4 is 16.0 Å². The molecule has 1 heterocycles. The van der Waals surface area contributed by atoms with Crippen molar-refractivity contribution < 1.29 is 21.6 Å². The van der Waals surface area contributed by atoms with Crippen molar-refractivity contribution in [2.45, 2.75) is 43.8 Å². The highest BCUT2D eigenvalue weighted by Crippen LogP contribution is 2.21. The lowest BCUT2D eigenvalue weighted by Crippen LogP contribution is -2.38. The third kappa shape index (κ3) is 6.69. The quantitative estimate of drug-likeness (QED) is 0.539. The highest BCUT2D eigenvalue weighted by molar-refractivity contribution is 7.89. The number of halogens is 3. The van der Waals surface area contributed by atoms with Gasteiger partial charge in [-0.15, -0.1) is 0 Å². The highest BCUT2D eigenvalue weighted by atomic mass is 32.2. The fraction of sp³-hybridized carbons (Fsp3) is 0.588. The minimum atomic E-state index is -4.22. The molecule has 10 heteroatoms. The van der Waals surface area contributed by atoms with Gasteiger partial charge in [-0.05, 0) is 37.5 Å². The Hall–Kier alpha value is -1.81. The van der Waals surface area contributed by atoms with Gasteiger partial charge in [-0.2, -0.15) is 17.5 Å². The Balaban J connectivity index is 1.97. The Morgan fingerprint density at radius 3 is 2.33 bits per heavy atom. The predicted molar refractivity (Wildman–Crippen MR) is 97.9 cm³/mol. The molecule has 0 radical (unpaired) electrons. The van der Waals surface area contributed by atoms with E-state index in [0.29, 0.717) is 19.6 Å². The van der Waals surface area contributed by atoms with Crippen LogP contribution in [-0.2, 0) is 16.6 Å². The zero-order chi connectivity index (χ0) is 19.9. The van der Waals surface area contributed by atoms with Crippen LogP contribution in [0.3, 0.4) is 0 Å². The van der Waals surface area contributed by atoms with Crippen molar-refractivity contribution in [2.75, 3.05) is 26.2 Å². The molecule has 1 aliphatic rings. The van der Waals surface area contributed by atoms with Crippen molar-refractivity contribution in [1.82, 2.24) is 14.9 Å². The molecule has 0 bridgehead atoms. The van der Waals surface area contributed by atoms with Gasteiger partial charge >= 0.3 is 6.18 Å². The molecule has 6 nitrogen and oxygen atoms in total. The first kappa shape index (κ1) is 21.5. The standard InChI is InChI=1S/C17H25F3N4O2S/c1-2-21-16(22-10-9-17(18,19)20)23-13-14-5-7-15(8-6-14)27(25,26)24-11-3-4-12-24/h5-8H,2-4,9-13H2,1H3,(H2,21,22,23). The lowest BCUT2D eigenvalue weighted by molar-refractivity contribution is -0.132. The molecule has 0 saturated carbocycles. The van der Waals surface area contributed by atoms with Gasteiger partial charge < -0.3 is 10.6 Å². The van der Waals surface area contributed by atoms with Gasteiger partial charge in [-0.3, -0.25) is 0 Å². The van der Waals surface area contributed by atoms with Crippen molar-refractivity contribution in [3.05, 3.63) is 29.8 Å². The largest absolute Gasteiger partial charge is 0.390 e. The van der Waals surface area contributed by atoms with Crippen LogP contribution in [0.4, 0.5) is 13.2 Å². The molecule has 1 fully saturated rings. The first-order chi connectivity index (χ1) is 12.7. The Labute approximate surface area is 157 Å². The molecule has 2 N–H and O–H groups in total. The number of alkyl halides is 3. The van der Waals surface area contributed by atoms with Crippen molar-refractivity contribution in [3.8, 4) is 0 Å². The topological polar surface area (TPSA) is 73.8 Å². The molecule has 1 saturated heterocycles. The second-order valence-corrected chi connectivity index (χ2v) is 8.18. The summed E-state index contributed by atoms with van der Waals surface area (Å²) < 4.78 is 63.2. The second kappa shape index (κ2) is 9.41. The number of benzene rings is 1. The smallest absolute Gasteiger partial charge is 0.357 e. The highest BCUT2D eigenvalue weighted by Gasteiger charge is 2.27. The molecular weight excluding hydrogens is 381 g/mol. The number of sulfonamides is 1. The van der Waals surface area contributed by atoms with Gasteiger partial charge in [-0.1, -0.05) is 12.1 Å². The summed E-state index contributed by atoms with van der Waals surface area (Å²) >= 11 is 0. The van der Waals surface area contributed by atoms with Crippen LogP contribution >= 0.6 is 0 Å². The molecule has 0 aromatic heterocycles. The molecule has 27 heavy (non-hydrogen) atoms. The monoisotopic (exact) mass is 406 g/mol. The molecule has 0 unspecified atom stereocenters. The van der Waals surface area contributed by atoms with Crippen LogP contribution in [0, 0.1) is 0 Å². The second-order valence-electron chi connectivity index (χ2n) is 6.24. The summed E-state index contributed by atoms with van der Waals surface area (Å²) in [5.41, 5.74) is 0.767. The van der Waals surface area contributed by atoms with Crippen LogP contribution in [0.5, 0.6) is 0 Å². The Morgan fingerprint density at radius 2 is 1.78 bits per heavy atom. The van der Waals surface area contributed by atoms with E-state index in [1.165, 1.54) is 4.31 Å². The molecule has 2 rings (SSSR count). The Bertz CT molecular complexity index is 728. The summed E-state index contributed by atoms with van der Waals surface area (Å²) in [5.74, 6) is 0.288. The van der Waals surface area contributed by atoms with Crippen LogP contribution in [0.15, 0.2) is 34.2 Å². The molecule has 0 amide bonds. The van der Waals surface area contributed by atoms with Crippen LogP contribution in [0.1, 0.15) is 31.7 Å². The maximum atomic E-state index is 12.5. The number of nitrogens with zero attached hydrogens (tertiary/aromatic N) is 2. The van der Waals surface area contributed by atoms with Crippen LogP contribution in [0.2, 0.25) is 0 Å². The molecule has 1 aromatic carbocycles. The molecule has 0 aliphatic carbocycles. The normalized spacial score (nSPS) is 16.5. The third-order valence-corrected chi connectivity index (χ3v) is 6.00. The summed E-state index contributed by atoms with van der Waals surface area (Å²) in [6, 6.07) is 6.43. The zero-order valence-corrected chi connectivity index (χ0v) is 16.0. The lowest BCUT2D eigenvalue weighted by Gasteiger charge is -2.15. The summed E-state index contributed by atoms with van der Waals surface area (Å²) in [6.07, 6.45) is -3.41. The molecule has 0 atom stereocenters. The number of aliphatic imine (C=N–C) groups is 1. The molecule has 0 spiro atoms. The van der Waals surface area contributed by atoms with Gasteiger partial charge in [0.2, 0.25) is 10.0 Å². The van der Waals surface area contributed by atoms with E-state index in [1.807, 2.05) is 6.92 Å². The summed E-state index contributed by atoms with van der Waals surface area (Å²) in [6.45, 7) is 3.39. The van der Waals surface area contributed by atoms with E-state index in [-0.39, 0.29) is 23.9 Å². The van der Waals surface area contributed by atoms with Crippen molar-refractivity contribution in [3.63, 3.8) is 0 Å². The zero-order valence-electron chi connectivity index (χ0n) is 15.2. The number of hydrogen-bond donors (Lipinski definition) is 2. The SMILES string of the molecule is CCNC(=NCc1ccc(S(=O)(=O)N2CCCC2)cc1)NCCC(F)(F)F. The van der Waals surface area contributed by atoms with Gasteiger partial charge in [0.1, 0.15) is 0 Å². The average Bonchev–Trinajstić information content (AvgIpc) is 3.14. The van der Waals surface area contributed by atoms with Gasteiger partial charge in [0.25, 0.3) is 0 Å². The van der Waals surface area contributed by atoms with E-state index in [2.05, 4.69) is 15.6 Å². The van der Waals surface area contributed by atoms with Gasteiger partial charge in [0, 0.05) is 26.2 Å². The van der Waals surface area contributed by atoms with E-state index in [1.54, 1.807) is 24.3 Å². The first-order valence-electron chi connectivity index (χ1n) is 8.90. The van der Waals surface area contributed by atoms with Crippen molar-refractivity contribution in [1.29, 1.82) is 0 Å². The average molecular weight is 406 g/mol. The van der Waals surface area contributed by atoms with E-state index < -0.39 is 22.6 Å². The number of rotatable bonds is 7. The minimum absolute atomic E-state index is 0.228. The number of hydrogen-bond acceptors (Lipinski definition) is 3. The van der Waals surface area contributed by atoms with E-state index >= 15 is 0 Å². The van der Waals surface area contributed by atoms with Gasteiger partial charge in [0.05, 0.1) is 17.9 Å².